The Bertz CT molecular complexity index is 698. The number of rotatable bonds is 2. The summed E-state index contributed by atoms with van der Waals surface area (Å²) in [6, 6.07) is 5.94. The number of aryl methyl sites for hydroxylation is 1. The first-order chi connectivity index (χ1) is 10.6. The van der Waals surface area contributed by atoms with Crippen LogP contribution in [0.2, 0.25) is 0 Å². The van der Waals surface area contributed by atoms with Crippen LogP contribution < -0.4 is 10.6 Å². The molecule has 0 saturated carbocycles. The number of nitrogens with two attached hydrogens (primary N) is 1. The van der Waals surface area contributed by atoms with Crippen LogP contribution in [-0.4, -0.2) is 31.2 Å². The highest BCUT2D eigenvalue weighted by atomic mass is 16.5. The minimum Gasteiger partial charge on any atom is -0.469 e. The molecule has 1 aromatic carbocycles. The number of ether oxygens (including phenoxy) is 1. The van der Waals surface area contributed by atoms with Crippen LogP contribution in [0.4, 0.5) is 11.5 Å². The van der Waals surface area contributed by atoms with E-state index in [0.717, 1.165) is 53.8 Å². The monoisotopic (exact) mass is 299 g/mol. The van der Waals surface area contributed by atoms with Crippen molar-refractivity contribution in [3.05, 3.63) is 30.0 Å². The van der Waals surface area contributed by atoms with E-state index < -0.39 is 0 Å². The van der Waals surface area contributed by atoms with Gasteiger partial charge in [-0.25, -0.2) is 4.98 Å². The minimum absolute atomic E-state index is 0.00281. The van der Waals surface area contributed by atoms with Crippen LogP contribution in [0, 0.1) is 12.8 Å². The number of methoxy groups -OCH3 is 1. The topological polar surface area (TPSA) is 68.5 Å². The molecule has 0 spiro atoms. The molecule has 116 valence electrons. The third-order valence-corrected chi connectivity index (χ3v) is 4.44. The Morgan fingerprint density at radius 3 is 2.77 bits per heavy atom. The van der Waals surface area contributed by atoms with E-state index in [1.165, 1.54) is 7.11 Å². The van der Waals surface area contributed by atoms with E-state index in [2.05, 4.69) is 16.0 Å². The third-order valence-electron chi connectivity index (χ3n) is 4.44. The minimum atomic E-state index is -0.106. The molecular formula is C17H21N3O2. The van der Waals surface area contributed by atoms with Crippen molar-refractivity contribution < 1.29 is 9.53 Å². The second kappa shape index (κ2) is 5.83. The molecule has 0 radical (unpaired) electrons. The number of carbonyl (C=O) groups is 1. The number of piperidine rings is 1. The fraction of sp³-hybridized carbons (Fsp3) is 0.412. The molecule has 5 nitrogen and oxygen atoms in total. The third kappa shape index (κ3) is 2.47. The first kappa shape index (κ1) is 14.6. The maximum Gasteiger partial charge on any atom is 0.308 e. The normalized spacial score (nSPS) is 16.0. The second-order valence-electron chi connectivity index (χ2n) is 5.82. The van der Waals surface area contributed by atoms with Crippen molar-refractivity contribution in [1.82, 2.24) is 4.98 Å². The maximum absolute atomic E-state index is 11.6. The lowest BCUT2D eigenvalue weighted by Gasteiger charge is -2.32. The fourth-order valence-electron chi connectivity index (χ4n) is 3.23. The Morgan fingerprint density at radius 1 is 1.36 bits per heavy atom. The van der Waals surface area contributed by atoms with Crippen LogP contribution in [0.1, 0.15) is 18.4 Å². The number of nitrogen functional groups attached to an aromatic ring is 1. The first-order valence-corrected chi connectivity index (χ1v) is 7.58. The van der Waals surface area contributed by atoms with Crippen molar-refractivity contribution in [3.63, 3.8) is 0 Å². The highest BCUT2D eigenvalue weighted by molar-refractivity contribution is 6.01. The number of nitrogens with zero attached hydrogens (tertiary/aromatic N) is 2. The predicted molar refractivity (Wildman–Crippen MR) is 87.8 cm³/mol. The molecule has 1 aliphatic heterocycles. The van der Waals surface area contributed by atoms with E-state index in [4.69, 9.17) is 10.5 Å². The summed E-state index contributed by atoms with van der Waals surface area (Å²) < 4.78 is 4.84. The maximum atomic E-state index is 11.6. The molecule has 1 saturated heterocycles. The molecule has 1 aliphatic rings. The zero-order valence-corrected chi connectivity index (χ0v) is 13.0. The number of hydrogen-bond donors (Lipinski definition) is 1. The van der Waals surface area contributed by atoms with Crippen molar-refractivity contribution in [2.75, 3.05) is 30.8 Å². The molecule has 0 amide bonds. The lowest BCUT2D eigenvalue weighted by Crippen LogP contribution is -2.37. The Labute approximate surface area is 130 Å². The Kier molecular flexibility index (Phi) is 3.88. The van der Waals surface area contributed by atoms with Gasteiger partial charge in [-0.2, -0.15) is 0 Å². The summed E-state index contributed by atoms with van der Waals surface area (Å²) in [7, 11) is 1.45. The number of esters is 1. The van der Waals surface area contributed by atoms with Crippen LogP contribution in [0.3, 0.4) is 0 Å². The van der Waals surface area contributed by atoms with Gasteiger partial charge in [-0.3, -0.25) is 4.79 Å². The number of anilines is 2. The van der Waals surface area contributed by atoms with E-state index in [1.54, 1.807) is 0 Å². The number of fused-ring (bicyclic) bond motifs is 1. The summed E-state index contributed by atoms with van der Waals surface area (Å²) in [6.07, 6.45) is 3.47. The molecule has 5 heteroatoms. The van der Waals surface area contributed by atoms with Crippen LogP contribution >= 0.6 is 0 Å². The van der Waals surface area contributed by atoms with Crippen molar-refractivity contribution in [2.45, 2.75) is 19.8 Å². The van der Waals surface area contributed by atoms with E-state index >= 15 is 0 Å². The van der Waals surface area contributed by atoms with Gasteiger partial charge in [0.25, 0.3) is 0 Å². The second-order valence-corrected chi connectivity index (χ2v) is 5.82. The van der Waals surface area contributed by atoms with E-state index in [9.17, 15) is 4.79 Å². The molecule has 2 N–H and O–H groups in total. The van der Waals surface area contributed by atoms with Gasteiger partial charge in [0.15, 0.2) is 0 Å². The van der Waals surface area contributed by atoms with E-state index in [-0.39, 0.29) is 11.9 Å². The summed E-state index contributed by atoms with van der Waals surface area (Å²) in [5.41, 5.74) is 7.99. The van der Waals surface area contributed by atoms with Crippen LogP contribution in [-0.2, 0) is 9.53 Å². The van der Waals surface area contributed by atoms with Crippen LogP contribution in [0.25, 0.3) is 10.8 Å². The molecule has 0 aliphatic carbocycles. The largest absolute Gasteiger partial charge is 0.469 e. The quantitative estimate of drug-likeness (QED) is 0.681. The van der Waals surface area contributed by atoms with E-state index in [1.807, 2.05) is 25.3 Å². The average Bonchev–Trinajstić information content (AvgIpc) is 2.55. The Hall–Kier alpha value is -2.30. The Balaban J connectivity index is 1.91. The molecule has 2 heterocycles. The summed E-state index contributed by atoms with van der Waals surface area (Å²) >= 11 is 0. The van der Waals surface area contributed by atoms with Gasteiger partial charge in [0, 0.05) is 35.7 Å². The molecule has 1 fully saturated rings. The molecule has 1 aromatic heterocycles. The van der Waals surface area contributed by atoms with Crippen LogP contribution in [0.15, 0.2) is 24.4 Å². The van der Waals surface area contributed by atoms with Crippen molar-refractivity contribution in [1.29, 1.82) is 0 Å². The lowest BCUT2D eigenvalue weighted by molar-refractivity contribution is -0.146. The van der Waals surface area contributed by atoms with Gasteiger partial charge in [-0.1, -0.05) is 12.1 Å². The lowest BCUT2D eigenvalue weighted by atomic mass is 9.96. The first-order valence-electron chi connectivity index (χ1n) is 7.58. The van der Waals surface area contributed by atoms with Crippen molar-refractivity contribution >= 4 is 28.2 Å². The van der Waals surface area contributed by atoms with E-state index in [0.29, 0.717) is 0 Å². The summed E-state index contributed by atoms with van der Waals surface area (Å²) in [5.74, 6) is 0.852. The molecule has 0 bridgehead atoms. The molecule has 0 atom stereocenters. The Morgan fingerprint density at radius 2 is 2.09 bits per heavy atom. The van der Waals surface area contributed by atoms with Gasteiger partial charge in [0.2, 0.25) is 0 Å². The zero-order chi connectivity index (χ0) is 15.7. The predicted octanol–water partition coefficient (Wildman–Crippen LogP) is 2.51. The fourth-order valence-corrected chi connectivity index (χ4v) is 3.23. The zero-order valence-electron chi connectivity index (χ0n) is 13.0. The SMILES string of the molecule is COC(=O)C1CCN(c2ncc(C)c3c(N)cccc23)CC1. The molecule has 2 aromatic rings. The number of carbonyl (C=O) groups excluding carboxylic acids is 1. The van der Waals surface area contributed by atoms with Crippen LogP contribution in [0.5, 0.6) is 0 Å². The standard InChI is InChI=1S/C17H21N3O2/c1-11-10-19-16(13-4-3-5-14(18)15(11)13)20-8-6-12(7-9-20)17(21)22-2/h3-5,10,12H,6-9,18H2,1-2H3. The highest BCUT2D eigenvalue weighted by Crippen LogP contribution is 2.33. The molecule has 3 rings (SSSR count). The van der Waals surface area contributed by atoms with Gasteiger partial charge in [0.05, 0.1) is 13.0 Å². The average molecular weight is 299 g/mol. The summed E-state index contributed by atoms with van der Waals surface area (Å²) in [4.78, 5) is 18.5. The van der Waals surface area contributed by atoms with Gasteiger partial charge in [-0.15, -0.1) is 0 Å². The molecule has 22 heavy (non-hydrogen) atoms. The molecular weight excluding hydrogens is 278 g/mol. The number of benzene rings is 1. The van der Waals surface area contributed by atoms with Gasteiger partial charge in [0.1, 0.15) is 5.82 Å². The van der Waals surface area contributed by atoms with Gasteiger partial charge >= 0.3 is 5.97 Å². The summed E-state index contributed by atoms with van der Waals surface area (Å²) in [5, 5.41) is 2.15. The highest BCUT2D eigenvalue weighted by Gasteiger charge is 2.27. The number of aromatic nitrogens is 1. The van der Waals surface area contributed by atoms with Gasteiger partial charge < -0.3 is 15.4 Å². The number of hydrogen-bond acceptors (Lipinski definition) is 5. The smallest absolute Gasteiger partial charge is 0.308 e. The molecule has 0 unspecified atom stereocenters. The van der Waals surface area contributed by atoms with Crippen molar-refractivity contribution in [3.8, 4) is 0 Å². The summed E-state index contributed by atoms with van der Waals surface area (Å²) in [6.45, 7) is 3.64. The number of pyridine rings is 1. The van der Waals surface area contributed by atoms with Crippen molar-refractivity contribution in [2.24, 2.45) is 5.92 Å². The van der Waals surface area contributed by atoms with Gasteiger partial charge in [-0.05, 0) is 31.4 Å².